The van der Waals surface area contributed by atoms with Crippen LogP contribution < -0.4 is 0 Å². The van der Waals surface area contributed by atoms with E-state index in [2.05, 4.69) is 13.2 Å². The first-order chi connectivity index (χ1) is 21.0. The molecule has 0 fully saturated rings. The second-order valence-electron chi connectivity index (χ2n) is 10.8. The van der Waals surface area contributed by atoms with Crippen LogP contribution in [0.3, 0.4) is 0 Å². The molecule has 230 valence electrons. The highest BCUT2D eigenvalue weighted by Gasteiger charge is 2.46. The molecule has 0 saturated carbocycles. The summed E-state index contributed by atoms with van der Waals surface area (Å²) in [6, 6.07) is 13.6. The average molecular weight is 601 g/mol. The van der Waals surface area contributed by atoms with E-state index in [4.69, 9.17) is 28.9 Å². The zero-order valence-electron chi connectivity index (χ0n) is 25.3. The lowest BCUT2D eigenvalue weighted by Crippen LogP contribution is -2.29. The number of aromatic nitrogens is 2. The smallest absolute Gasteiger partial charge is 0.333 e. The summed E-state index contributed by atoms with van der Waals surface area (Å²) in [6.07, 6.45) is 0.608. The number of hydrogen-bond acceptors (Lipinski definition) is 10. The van der Waals surface area contributed by atoms with Gasteiger partial charge >= 0.3 is 23.9 Å². The van der Waals surface area contributed by atoms with Gasteiger partial charge in [-0.15, -0.1) is 0 Å². The molecule has 3 aromatic rings. The Bertz CT molecular complexity index is 1580. The second-order valence-corrected chi connectivity index (χ2v) is 10.8. The third kappa shape index (κ3) is 7.37. The Kier molecular flexibility index (Phi) is 10.3. The predicted octanol–water partition coefficient (Wildman–Crippen LogP) is 5.09. The number of esters is 4. The first kappa shape index (κ1) is 32.1. The van der Waals surface area contributed by atoms with E-state index in [1.807, 2.05) is 49.4 Å². The normalized spacial score (nSPS) is 12.5. The van der Waals surface area contributed by atoms with Gasteiger partial charge in [0.05, 0.1) is 22.4 Å². The quantitative estimate of drug-likeness (QED) is 0.107. The Labute approximate surface area is 256 Å². The Morgan fingerprint density at radius 2 is 1.27 bits per heavy atom. The van der Waals surface area contributed by atoms with Crippen LogP contribution in [0.15, 0.2) is 66.8 Å². The van der Waals surface area contributed by atoms with Gasteiger partial charge in [-0.25, -0.2) is 19.6 Å². The van der Waals surface area contributed by atoms with Crippen LogP contribution >= 0.6 is 0 Å². The summed E-state index contributed by atoms with van der Waals surface area (Å²) in [6.45, 7) is 11.7. The highest BCUT2D eigenvalue weighted by molar-refractivity contribution is 5.87. The van der Waals surface area contributed by atoms with Crippen LogP contribution in [0.5, 0.6) is 0 Å². The zero-order valence-corrected chi connectivity index (χ0v) is 25.3. The molecule has 0 aliphatic heterocycles. The van der Waals surface area contributed by atoms with Gasteiger partial charge in [0.25, 0.3) is 0 Å². The minimum atomic E-state index is -0.840. The number of rotatable bonds is 14. The molecule has 0 bridgehead atoms. The van der Waals surface area contributed by atoms with Crippen LogP contribution in [-0.4, -0.2) is 60.3 Å². The molecule has 2 aromatic carbocycles. The third-order valence-corrected chi connectivity index (χ3v) is 7.34. The Morgan fingerprint density at radius 3 is 1.84 bits per heavy atom. The highest BCUT2D eigenvalue weighted by Crippen LogP contribution is 2.52. The van der Waals surface area contributed by atoms with E-state index in [-0.39, 0.29) is 63.3 Å². The highest BCUT2D eigenvalue weighted by atomic mass is 16.6. The molecule has 10 nitrogen and oxygen atoms in total. The first-order valence-electron chi connectivity index (χ1n) is 14.4. The van der Waals surface area contributed by atoms with Crippen LogP contribution in [0.1, 0.15) is 56.4 Å². The van der Waals surface area contributed by atoms with Gasteiger partial charge < -0.3 is 18.9 Å². The van der Waals surface area contributed by atoms with E-state index in [0.29, 0.717) is 16.9 Å². The van der Waals surface area contributed by atoms with Crippen molar-refractivity contribution in [3.8, 4) is 11.3 Å². The molecule has 4 rings (SSSR count). The zero-order chi connectivity index (χ0) is 31.9. The monoisotopic (exact) mass is 600 g/mol. The van der Waals surface area contributed by atoms with E-state index >= 15 is 0 Å². The van der Waals surface area contributed by atoms with Crippen LogP contribution in [0.2, 0.25) is 0 Å². The maximum Gasteiger partial charge on any atom is 0.333 e. The topological polar surface area (TPSA) is 131 Å². The lowest BCUT2D eigenvalue weighted by atomic mass is 9.73. The largest absolute Gasteiger partial charge is 0.462 e. The number of hydrogen-bond donors (Lipinski definition) is 0. The van der Waals surface area contributed by atoms with Gasteiger partial charge in [-0.1, -0.05) is 43.5 Å². The Hall–Kier alpha value is -4.86. The van der Waals surface area contributed by atoms with Crippen molar-refractivity contribution in [2.75, 3.05) is 26.4 Å². The van der Waals surface area contributed by atoms with Crippen molar-refractivity contribution in [3.05, 3.63) is 83.6 Å². The number of carbonyl (C=O) groups is 4. The van der Waals surface area contributed by atoms with Crippen molar-refractivity contribution in [1.82, 2.24) is 9.97 Å². The van der Waals surface area contributed by atoms with Crippen molar-refractivity contribution in [2.45, 2.75) is 51.9 Å². The minimum Gasteiger partial charge on any atom is -0.462 e. The van der Waals surface area contributed by atoms with E-state index in [1.54, 1.807) is 0 Å². The standard InChI is InChI=1S/C34H36N2O8/c1-21(2)32(39)43-18-16-41-28(37)12-14-34(15-13-29(38)42-17-19-44-33(40)22(3)4)25-9-7-6-8-24(25)30-31(34)36-27-20-23(5)10-11-26(27)35-30/h6-11,20H,1,3,12-19H2,2,4-5H3. The van der Waals surface area contributed by atoms with Crippen LogP contribution in [-0.2, 0) is 43.5 Å². The fraction of sp³-hybridized carbons (Fsp3) is 0.353. The molecule has 10 heteroatoms. The number of nitrogens with zero attached hydrogens (tertiary/aromatic N) is 2. The van der Waals surface area contributed by atoms with Gasteiger partial charge in [0, 0.05) is 35.0 Å². The van der Waals surface area contributed by atoms with Gasteiger partial charge in [-0.05, 0) is 56.9 Å². The second kappa shape index (κ2) is 14.1. The number of benzene rings is 2. The molecule has 1 aromatic heterocycles. The maximum absolute atomic E-state index is 12.9. The van der Waals surface area contributed by atoms with Crippen LogP contribution in [0, 0.1) is 6.92 Å². The lowest BCUT2D eigenvalue weighted by molar-refractivity contribution is -0.150. The summed E-state index contributed by atoms with van der Waals surface area (Å²) in [7, 11) is 0. The molecule has 44 heavy (non-hydrogen) atoms. The molecule has 1 aliphatic rings. The SMILES string of the molecule is C=C(C)C(=O)OCCOC(=O)CCC1(CCC(=O)OCCOC(=O)C(=C)C)c2ccccc2-c2nc3ccc(C)cc3nc21. The molecule has 0 atom stereocenters. The summed E-state index contributed by atoms with van der Waals surface area (Å²) in [5, 5.41) is 0. The number of ether oxygens (including phenoxy) is 4. The molecule has 1 aliphatic carbocycles. The summed E-state index contributed by atoms with van der Waals surface area (Å²) < 4.78 is 20.7. The van der Waals surface area contributed by atoms with Gasteiger partial charge in [0.1, 0.15) is 26.4 Å². The molecule has 0 unspecified atom stereocenters. The van der Waals surface area contributed by atoms with E-state index in [0.717, 1.165) is 22.2 Å². The van der Waals surface area contributed by atoms with Gasteiger partial charge in [0.15, 0.2) is 0 Å². The summed E-state index contributed by atoms with van der Waals surface area (Å²) in [4.78, 5) is 59.0. The molecule has 0 saturated heterocycles. The van der Waals surface area contributed by atoms with Crippen molar-refractivity contribution >= 4 is 34.9 Å². The van der Waals surface area contributed by atoms with Crippen molar-refractivity contribution in [3.63, 3.8) is 0 Å². The predicted molar refractivity (Wildman–Crippen MR) is 162 cm³/mol. The van der Waals surface area contributed by atoms with Gasteiger partial charge in [-0.2, -0.15) is 0 Å². The average Bonchev–Trinajstić information content (AvgIpc) is 3.26. The fourth-order valence-corrected chi connectivity index (χ4v) is 5.15. The van der Waals surface area contributed by atoms with E-state index in [1.165, 1.54) is 13.8 Å². The molecule has 0 radical (unpaired) electrons. The molecular formula is C34H36N2O8. The van der Waals surface area contributed by atoms with Gasteiger partial charge in [0.2, 0.25) is 0 Å². The fourth-order valence-electron chi connectivity index (χ4n) is 5.15. The minimum absolute atomic E-state index is 0.0155. The molecule has 0 N–H and O–H groups in total. The van der Waals surface area contributed by atoms with Crippen LogP contribution in [0.25, 0.3) is 22.3 Å². The van der Waals surface area contributed by atoms with E-state index < -0.39 is 29.3 Å². The Balaban J connectivity index is 1.57. The molecule has 1 heterocycles. The van der Waals surface area contributed by atoms with Crippen molar-refractivity contribution < 1.29 is 38.1 Å². The lowest BCUT2D eigenvalue weighted by Gasteiger charge is -2.30. The number of carbonyl (C=O) groups excluding carboxylic acids is 4. The summed E-state index contributed by atoms with van der Waals surface area (Å²) in [5.41, 5.74) is 5.34. The van der Waals surface area contributed by atoms with Gasteiger partial charge in [-0.3, -0.25) is 9.59 Å². The molecule has 0 spiro atoms. The first-order valence-corrected chi connectivity index (χ1v) is 14.4. The van der Waals surface area contributed by atoms with E-state index in [9.17, 15) is 19.2 Å². The van der Waals surface area contributed by atoms with Crippen LogP contribution in [0.4, 0.5) is 0 Å². The maximum atomic E-state index is 12.9. The summed E-state index contributed by atoms with van der Waals surface area (Å²) in [5.74, 6) is -2.07. The van der Waals surface area contributed by atoms with Crippen molar-refractivity contribution in [1.29, 1.82) is 0 Å². The Morgan fingerprint density at radius 1 is 0.727 bits per heavy atom. The molecular weight excluding hydrogens is 564 g/mol. The molecule has 0 amide bonds. The number of aryl methyl sites for hydroxylation is 1. The summed E-state index contributed by atoms with van der Waals surface area (Å²) >= 11 is 0. The third-order valence-electron chi connectivity index (χ3n) is 7.34. The van der Waals surface area contributed by atoms with Crippen molar-refractivity contribution in [2.24, 2.45) is 0 Å². The number of fused-ring (bicyclic) bond motifs is 4.